The van der Waals surface area contributed by atoms with Crippen LogP contribution in [-0.2, 0) is 4.74 Å². The van der Waals surface area contributed by atoms with E-state index in [2.05, 4.69) is 31.0 Å². The van der Waals surface area contributed by atoms with Gasteiger partial charge in [-0.1, -0.05) is 67.9 Å². The van der Waals surface area contributed by atoms with Crippen LogP contribution in [0.25, 0.3) is 10.9 Å². The smallest absolute Gasteiger partial charge is 0.202 e. The number of aryl methyl sites for hydroxylation is 1. The first kappa shape index (κ1) is 24.6. The zero-order valence-corrected chi connectivity index (χ0v) is 21.7. The molecular weight excluding hydrogens is 470 g/mol. The van der Waals surface area contributed by atoms with E-state index in [1.807, 2.05) is 61.5 Å². The number of halogens is 1. The van der Waals surface area contributed by atoms with Crippen molar-refractivity contribution in [2.24, 2.45) is 11.8 Å². The van der Waals surface area contributed by atoms with Crippen LogP contribution >= 0.6 is 11.6 Å². The molecule has 4 aromatic rings. The molecule has 1 aliphatic heterocycles. The minimum atomic E-state index is -0.0490. The number of carbonyl (C=O) groups excluding carboxylic acids is 1. The molecule has 1 saturated heterocycles. The molecule has 0 bridgehead atoms. The molecule has 4 nitrogen and oxygen atoms in total. The van der Waals surface area contributed by atoms with Gasteiger partial charge < -0.3 is 14.5 Å². The molecule has 0 saturated carbocycles. The average Bonchev–Trinajstić information content (AvgIpc) is 3.30. The summed E-state index contributed by atoms with van der Waals surface area (Å²) in [5.74, 6) is 1.69. The summed E-state index contributed by atoms with van der Waals surface area (Å²) >= 11 is 6.49. The molecule has 1 aliphatic rings. The van der Waals surface area contributed by atoms with Crippen LogP contribution in [0, 0.1) is 18.8 Å². The average molecular weight is 502 g/mol. The van der Waals surface area contributed by atoms with Gasteiger partial charge in [-0.2, -0.15) is 0 Å². The highest BCUT2D eigenvalue weighted by molar-refractivity contribution is 6.31. The normalized spacial score (nSPS) is 20.1. The van der Waals surface area contributed by atoms with Crippen LogP contribution in [-0.4, -0.2) is 24.0 Å². The van der Waals surface area contributed by atoms with E-state index in [-0.39, 0.29) is 24.4 Å². The summed E-state index contributed by atoms with van der Waals surface area (Å²) in [5, 5.41) is 1.73. The Morgan fingerprint density at radius 3 is 2.75 bits per heavy atom. The molecule has 0 amide bonds. The quantitative estimate of drug-likeness (QED) is 0.262. The number of ether oxygens (including phenoxy) is 2. The summed E-state index contributed by atoms with van der Waals surface area (Å²) in [6.07, 6.45) is 2.75. The number of aromatic amines is 1. The second kappa shape index (κ2) is 10.5. The lowest BCUT2D eigenvalue weighted by molar-refractivity contribution is -0.0552. The number of hydrogen-bond donors (Lipinski definition) is 1. The third-order valence-corrected chi connectivity index (χ3v) is 7.66. The molecule has 3 aromatic carbocycles. The number of nitrogens with one attached hydrogen (secondary N) is 1. The van der Waals surface area contributed by atoms with E-state index in [0.29, 0.717) is 29.8 Å². The van der Waals surface area contributed by atoms with Crippen LogP contribution in [0.15, 0.2) is 72.9 Å². The van der Waals surface area contributed by atoms with Crippen LogP contribution in [0.1, 0.15) is 59.3 Å². The monoisotopic (exact) mass is 501 g/mol. The van der Waals surface area contributed by atoms with Crippen molar-refractivity contribution in [3.8, 4) is 5.75 Å². The zero-order chi connectivity index (χ0) is 25.2. The first-order valence-electron chi connectivity index (χ1n) is 12.6. The Bertz CT molecular complexity index is 1380. The van der Waals surface area contributed by atoms with Crippen LogP contribution < -0.4 is 4.74 Å². The Morgan fingerprint density at radius 2 is 1.94 bits per heavy atom. The summed E-state index contributed by atoms with van der Waals surface area (Å²) < 4.78 is 12.4. The Labute approximate surface area is 217 Å². The van der Waals surface area contributed by atoms with Crippen molar-refractivity contribution in [1.29, 1.82) is 0 Å². The van der Waals surface area contributed by atoms with Gasteiger partial charge in [0.1, 0.15) is 5.75 Å². The van der Waals surface area contributed by atoms with Crippen LogP contribution in [0.2, 0.25) is 5.02 Å². The number of hydrogen-bond acceptors (Lipinski definition) is 3. The number of rotatable bonds is 7. The van der Waals surface area contributed by atoms with Crippen molar-refractivity contribution in [1.82, 2.24) is 4.98 Å². The second-order valence-electron chi connectivity index (χ2n) is 10.2. The SMILES string of the molecule is Cc1ccc2c(C(=O)COc3cccc([C@@H]4OC[C@@H](c5ccccc5Cl)C[C@H]4C(C)C)c3)c[nH]c2c1. The molecule has 1 N–H and O–H groups in total. The molecule has 3 atom stereocenters. The molecule has 5 heteroatoms. The van der Waals surface area contributed by atoms with E-state index in [1.165, 1.54) is 0 Å². The Kier molecular flexibility index (Phi) is 7.17. The summed E-state index contributed by atoms with van der Waals surface area (Å²) in [6.45, 7) is 7.14. The van der Waals surface area contributed by atoms with Gasteiger partial charge in [-0.05, 0) is 66.1 Å². The summed E-state index contributed by atoms with van der Waals surface area (Å²) in [7, 11) is 0. The van der Waals surface area contributed by atoms with E-state index < -0.39 is 0 Å². The minimum Gasteiger partial charge on any atom is -0.485 e. The first-order chi connectivity index (χ1) is 17.4. The fourth-order valence-corrected chi connectivity index (χ4v) is 5.62. The molecule has 0 radical (unpaired) electrons. The molecule has 186 valence electrons. The predicted octanol–water partition coefficient (Wildman–Crippen LogP) is 7.91. The number of H-pyrrole nitrogens is 1. The molecule has 0 unspecified atom stereocenters. The molecular formula is C31H32ClNO3. The van der Waals surface area contributed by atoms with Gasteiger partial charge in [0.15, 0.2) is 6.61 Å². The van der Waals surface area contributed by atoms with Crippen molar-refractivity contribution in [2.75, 3.05) is 13.2 Å². The van der Waals surface area contributed by atoms with Crippen LogP contribution in [0.5, 0.6) is 5.75 Å². The lowest BCUT2D eigenvalue weighted by Gasteiger charge is -2.39. The third kappa shape index (κ3) is 5.07. The van der Waals surface area contributed by atoms with Gasteiger partial charge in [0, 0.05) is 33.6 Å². The van der Waals surface area contributed by atoms with Crippen molar-refractivity contribution in [2.45, 2.75) is 39.2 Å². The van der Waals surface area contributed by atoms with Gasteiger partial charge in [-0.25, -0.2) is 0 Å². The van der Waals surface area contributed by atoms with Gasteiger partial charge in [-0.15, -0.1) is 0 Å². The standard InChI is InChI=1S/C31H32ClNO3/c1-19(2)26-15-22(24-9-4-5-10-28(24)32)17-36-31(26)21-7-6-8-23(14-21)35-18-30(34)27-16-33-29-13-20(3)11-12-25(27)29/h4-14,16,19,22,26,31,33H,15,17-18H2,1-3H3/t22-,26-,31-/m0/s1. The van der Waals surface area contributed by atoms with E-state index in [1.54, 1.807) is 6.20 Å². The first-order valence-corrected chi connectivity index (χ1v) is 13.0. The maximum Gasteiger partial charge on any atom is 0.202 e. The van der Waals surface area contributed by atoms with Crippen molar-refractivity contribution in [3.63, 3.8) is 0 Å². The summed E-state index contributed by atoms with van der Waals surface area (Å²) in [4.78, 5) is 16.1. The highest BCUT2D eigenvalue weighted by Crippen LogP contribution is 2.45. The number of benzene rings is 3. The Morgan fingerprint density at radius 1 is 1.11 bits per heavy atom. The van der Waals surface area contributed by atoms with E-state index >= 15 is 0 Å². The van der Waals surface area contributed by atoms with Crippen LogP contribution in [0.3, 0.4) is 0 Å². The van der Waals surface area contributed by atoms with E-state index in [4.69, 9.17) is 21.1 Å². The van der Waals surface area contributed by atoms with Crippen LogP contribution in [0.4, 0.5) is 0 Å². The Hall–Kier alpha value is -3.08. The van der Waals surface area contributed by atoms with Crippen molar-refractivity contribution >= 4 is 28.3 Å². The third-order valence-electron chi connectivity index (χ3n) is 7.32. The largest absolute Gasteiger partial charge is 0.485 e. The topological polar surface area (TPSA) is 51.3 Å². The maximum atomic E-state index is 12.9. The predicted molar refractivity (Wildman–Crippen MR) is 145 cm³/mol. The van der Waals surface area contributed by atoms with Crippen molar-refractivity contribution in [3.05, 3.63) is 100 Å². The summed E-state index contributed by atoms with van der Waals surface area (Å²) in [6, 6.07) is 22.1. The maximum absolute atomic E-state index is 12.9. The number of Topliss-reactive ketones (excluding diaryl/α,β-unsaturated/α-hetero) is 1. The Balaban J connectivity index is 1.29. The number of aromatic nitrogens is 1. The minimum absolute atomic E-state index is 0.0159. The molecule has 0 spiro atoms. The number of fused-ring (bicyclic) bond motifs is 1. The molecule has 1 fully saturated rings. The highest BCUT2D eigenvalue weighted by atomic mass is 35.5. The second-order valence-corrected chi connectivity index (χ2v) is 10.6. The zero-order valence-electron chi connectivity index (χ0n) is 21.0. The molecule has 5 rings (SSSR count). The van der Waals surface area contributed by atoms with Gasteiger partial charge in [0.2, 0.25) is 5.78 Å². The molecule has 36 heavy (non-hydrogen) atoms. The number of ketones is 1. The van der Waals surface area contributed by atoms with Gasteiger partial charge in [0.25, 0.3) is 0 Å². The van der Waals surface area contributed by atoms with E-state index in [0.717, 1.165) is 39.0 Å². The van der Waals surface area contributed by atoms with Crippen molar-refractivity contribution < 1.29 is 14.3 Å². The summed E-state index contributed by atoms with van der Waals surface area (Å²) in [5.41, 5.74) is 5.01. The molecule has 1 aromatic heterocycles. The molecule has 2 heterocycles. The lowest BCUT2D eigenvalue weighted by atomic mass is 9.76. The highest BCUT2D eigenvalue weighted by Gasteiger charge is 2.35. The van der Waals surface area contributed by atoms with Gasteiger partial charge >= 0.3 is 0 Å². The van der Waals surface area contributed by atoms with E-state index in [9.17, 15) is 4.79 Å². The lowest BCUT2D eigenvalue weighted by Crippen LogP contribution is -2.31. The fraction of sp³-hybridized carbons (Fsp3) is 0.323. The number of carbonyl (C=O) groups is 1. The van der Waals surface area contributed by atoms with Gasteiger partial charge in [-0.3, -0.25) is 4.79 Å². The van der Waals surface area contributed by atoms with Gasteiger partial charge in [0.05, 0.1) is 12.7 Å². The molecule has 0 aliphatic carbocycles. The fourth-order valence-electron chi connectivity index (χ4n) is 5.33.